The molecule has 2 heterocycles. The van der Waals surface area contributed by atoms with Crippen molar-refractivity contribution in [3.05, 3.63) is 29.1 Å². The fourth-order valence-electron chi connectivity index (χ4n) is 2.46. The summed E-state index contributed by atoms with van der Waals surface area (Å²) in [6, 6.07) is 1.62. The second-order valence-corrected chi connectivity index (χ2v) is 4.90. The number of piperidine rings is 1. The molecule has 1 fully saturated rings. The fourth-order valence-corrected chi connectivity index (χ4v) is 2.46. The molecule has 0 saturated carbocycles. The van der Waals surface area contributed by atoms with Crippen molar-refractivity contribution in [1.29, 1.82) is 0 Å². The minimum absolute atomic E-state index is 0. The van der Waals surface area contributed by atoms with Crippen molar-refractivity contribution in [2.75, 3.05) is 13.1 Å². The van der Waals surface area contributed by atoms with Crippen LogP contribution in [0, 0.1) is 12.8 Å². The maximum atomic E-state index is 12.6. The lowest BCUT2D eigenvalue weighted by molar-refractivity contribution is -0.141. The van der Waals surface area contributed by atoms with Crippen LogP contribution in [0.5, 0.6) is 0 Å². The van der Waals surface area contributed by atoms with Crippen LogP contribution in [-0.2, 0) is 12.6 Å². The first kappa shape index (κ1) is 19.5. The van der Waals surface area contributed by atoms with Crippen LogP contribution in [0.3, 0.4) is 0 Å². The zero-order valence-corrected chi connectivity index (χ0v) is 12.8. The summed E-state index contributed by atoms with van der Waals surface area (Å²) in [5.41, 5.74) is 0.359. The number of rotatable bonds is 2. The SMILES string of the molecule is Cc1cc(CC2CCNCC2)cnc1C(F)(F)F.Cl.Cl. The van der Waals surface area contributed by atoms with Gasteiger partial charge in [0.15, 0.2) is 0 Å². The van der Waals surface area contributed by atoms with Crippen LogP contribution in [-0.4, -0.2) is 18.1 Å². The van der Waals surface area contributed by atoms with Gasteiger partial charge in [-0.2, -0.15) is 13.2 Å². The molecule has 0 aromatic carbocycles. The Bertz CT molecular complexity index is 419. The lowest BCUT2D eigenvalue weighted by Crippen LogP contribution is -2.28. The van der Waals surface area contributed by atoms with E-state index in [2.05, 4.69) is 10.3 Å². The van der Waals surface area contributed by atoms with Gasteiger partial charge in [0.05, 0.1) is 0 Å². The summed E-state index contributed by atoms with van der Waals surface area (Å²) in [5, 5.41) is 3.28. The van der Waals surface area contributed by atoms with Crippen molar-refractivity contribution < 1.29 is 13.2 Å². The van der Waals surface area contributed by atoms with E-state index < -0.39 is 11.9 Å². The fraction of sp³-hybridized carbons (Fsp3) is 0.615. The zero-order valence-electron chi connectivity index (χ0n) is 11.2. The number of aryl methyl sites for hydroxylation is 1. The molecule has 0 amide bonds. The topological polar surface area (TPSA) is 24.9 Å². The highest BCUT2D eigenvalue weighted by Gasteiger charge is 2.34. The number of halogens is 5. The van der Waals surface area contributed by atoms with E-state index in [9.17, 15) is 13.2 Å². The van der Waals surface area contributed by atoms with E-state index in [-0.39, 0.29) is 30.4 Å². The predicted octanol–water partition coefficient (Wildman–Crippen LogP) is 3.79. The monoisotopic (exact) mass is 330 g/mol. The molecule has 0 atom stereocenters. The molecule has 1 N–H and O–H groups in total. The van der Waals surface area contributed by atoms with Gasteiger partial charge in [0.1, 0.15) is 5.69 Å². The smallest absolute Gasteiger partial charge is 0.317 e. The molecular formula is C13H19Cl2F3N2. The number of pyridine rings is 1. The maximum absolute atomic E-state index is 12.6. The Labute approximate surface area is 129 Å². The van der Waals surface area contributed by atoms with Gasteiger partial charge in [-0.15, -0.1) is 24.8 Å². The van der Waals surface area contributed by atoms with Gasteiger partial charge < -0.3 is 5.32 Å². The van der Waals surface area contributed by atoms with Gasteiger partial charge in [-0.3, -0.25) is 4.98 Å². The Morgan fingerprint density at radius 2 is 1.85 bits per heavy atom. The molecule has 1 aliphatic rings. The average Bonchev–Trinajstić information content (AvgIpc) is 2.28. The Morgan fingerprint density at radius 3 is 2.35 bits per heavy atom. The molecule has 20 heavy (non-hydrogen) atoms. The van der Waals surface area contributed by atoms with Gasteiger partial charge in [0.2, 0.25) is 0 Å². The van der Waals surface area contributed by atoms with Crippen molar-refractivity contribution in [2.45, 2.75) is 32.4 Å². The molecule has 2 nitrogen and oxygen atoms in total. The molecule has 0 unspecified atom stereocenters. The molecule has 1 aromatic rings. The summed E-state index contributed by atoms with van der Waals surface area (Å²) < 4.78 is 37.7. The van der Waals surface area contributed by atoms with Crippen LogP contribution in [0.1, 0.15) is 29.7 Å². The second kappa shape index (κ2) is 8.05. The summed E-state index contributed by atoms with van der Waals surface area (Å²) in [6.45, 7) is 3.47. The van der Waals surface area contributed by atoms with Crippen LogP contribution in [0.4, 0.5) is 13.2 Å². The highest BCUT2D eigenvalue weighted by molar-refractivity contribution is 5.85. The lowest BCUT2D eigenvalue weighted by atomic mass is 9.91. The summed E-state index contributed by atoms with van der Waals surface area (Å²) in [4.78, 5) is 3.57. The van der Waals surface area contributed by atoms with E-state index in [0.717, 1.165) is 37.9 Å². The number of aromatic nitrogens is 1. The van der Waals surface area contributed by atoms with E-state index in [1.165, 1.54) is 13.1 Å². The lowest BCUT2D eigenvalue weighted by Gasteiger charge is -2.22. The molecule has 116 valence electrons. The molecule has 1 saturated heterocycles. The third-order valence-corrected chi connectivity index (χ3v) is 3.39. The summed E-state index contributed by atoms with van der Waals surface area (Å²) in [7, 11) is 0. The summed E-state index contributed by atoms with van der Waals surface area (Å²) in [6.07, 6.45) is 0.0169. The summed E-state index contributed by atoms with van der Waals surface area (Å²) in [5.74, 6) is 0.559. The van der Waals surface area contributed by atoms with Crippen molar-refractivity contribution in [2.24, 2.45) is 5.92 Å². The van der Waals surface area contributed by atoms with Crippen LogP contribution in [0.15, 0.2) is 12.3 Å². The van der Waals surface area contributed by atoms with Crippen LogP contribution >= 0.6 is 24.8 Å². The number of hydrogen-bond donors (Lipinski definition) is 1. The van der Waals surface area contributed by atoms with Crippen LogP contribution < -0.4 is 5.32 Å². The average molecular weight is 331 g/mol. The quantitative estimate of drug-likeness (QED) is 0.892. The predicted molar refractivity (Wildman–Crippen MR) is 77.8 cm³/mol. The normalized spacial score (nSPS) is 16.2. The Balaban J connectivity index is 0.00000180. The standard InChI is InChI=1S/C13H17F3N2.2ClH/c1-9-6-11(7-10-2-4-17-5-3-10)8-18-12(9)13(14,15)16;;/h6,8,10,17H,2-5,7H2,1H3;2*1H. The number of nitrogens with zero attached hydrogens (tertiary/aromatic N) is 1. The molecule has 2 rings (SSSR count). The molecule has 0 spiro atoms. The molecule has 0 aliphatic carbocycles. The van der Waals surface area contributed by atoms with Crippen LogP contribution in [0.25, 0.3) is 0 Å². The molecule has 0 radical (unpaired) electrons. The second-order valence-electron chi connectivity index (χ2n) is 4.90. The largest absolute Gasteiger partial charge is 0.433 e. The third kappa shape index (κ3) is 5.11. The van der Waals surface area contributed by atoms with Crippen molar-refractivity contribution in [3.63, 3.8) is 0 Å². The van der Waals surface area contributed by atoms with Crippen molar-refractivity contribution in [1.82, 2.24) is 10.3 Å². The maximum Gasteiger partial charge on any atom is 0.433 e. The zero-order chi connectivity index (χ0) is 13.2. The van der Waals surface area contributed by atoms with Crippen LogP contribution in [0.2, 0.25) is 0 Å². The first-order chi connectivity index (χ1) is 8.47. The molecule has 1 aromatic heterocycles. The van der Waals surface area contributed by atoms with Gasteiger partial charge in [0.25, 0.3) is 0 Å². The van der Waals surface area contributed by atoms with Gasteiger partial charge in [-0.25, -0.2) is 0 Å². The molecule has 0 bridgehead atoms. The minimum Gasteiger partial charge on any atom is -0.317 e. The van der Waals surface area contributed by atoms with E-state index in [1.54, 1.807) is 6.07 Å². The Morgan fingerprint density at radius 1 is 1.25 bits per heavy atom. The Kier molecular flexibility index (Phi) is 7.84. The van der Waals surface area contributed by atoms with E-state index in [4.69, 9.17) is 0 Å². The van der Waals surface area contributed by atoms with Gasteiger partial charge in [-0.1, -0.05) is 6.07 Å². The first-order valence-electron chi connectivity index (χ1n) is 6.20. The van der Waals surface area contributed by atoms with Gasteiger partial charge in [0, 0.05) is 6.20 Å². The molecule has 1 aliphatic heterocycles. The third-order valence-electron chi connectivity index (χ3n) is 3.39. The van der Waals surface area contributed by atoms with Crippen molar-refractivity contribution in [3.8, 4) is 0 Å². The Hall–Kier alpha value is -0.520. The highest BCUT2D eigenvalue weighted by atomic mass is 35.5. The molecule has 7 heteroatoms. The summed E-state index contributed by atoms with van der Waals surface area (Å²) >= 11 is 0. The minimum atomic E-state index is -4.35. The van der Waals surface area contributed by atoms with E-state index in [1.807, 2.05) is 0 Å². The molecular weight excluding hydrogens is 312 g/mol. The number of nitrogens with one attached hydrogen (secondary N) is 1. The van der Waals surface area contributed by atoms with Gasteiger partial charge in [-0.05, 0) is 56.3 Å². The van der Waals surface area contributed by atoms with Gasteiger partial charge >= 0.3 is 6.18 Å². The first-order valence-corrected chi connectivity index (χ1v) is 6.20. The van der Waals surface area contributed by atoms with Crippen molar-refractivity contribution >= 4 is 24.8 Å². The number of hydrogen-bond acceptors (Lipinski definition) is 2. The number of alkyl halides is 3. The highest BCUT2D eigenvalue weighted by Crippen LogP contribution is 2.30. The van der Waals surface area contributed by atoms with E-state index in [0.29, 0.717) is 5.92 Å². The van der Waals surface area contributed by atoms with E-state index >= 15 is 0 Å².